The number of carbonyl (C=O) groups excluding carboxylic acids is 4. The summed E-state index contributed by atoms with van der Waals surface area (Å²) in [7, 11) is 0. The number of hydrogen-bond donors (Lipinski definition) is 0. The lowest BCUT2D eigenvalue weighted by Gasteiger charge is -2.33. The predicted molar refractivity (Wildman–Crippen MR) is 225 cm³/mol. The van der Waals surface area contributed by atoms with E-state index in [1.54, 1.807) is 0 Å². The van der Waals surface area contributed by atoms with Gasteiger partial charge in [-0.1, -0.05) is 123 Å². The van der Waals surface area contributed by atoms with E-state index in [9.17, 15) is 19.2 Å². The number of fused-ring (bicyclic) bond motifs is 2. The van der Waals surface area contributed by atoms with E-state index in [1.807, 2.05) is 42.5 Å². The molecule has 0 bridgehead atoms. The number of hydrogen-bond acceptors (Lipinski definition) is 4. The Balaban J connectivity index is 1.41. The molecule has 2 aliphatic rings. The van der Waals surface area contributed by atoms with Crippen molar-refractivity contribution in [3.63, 3.8) is 0 Å². The third-order valence-corrected chi connectivity index (χ3v) is 12.7. The molecule has 2 heterocycles. The fourth-order valence-electron chi connectivity index (χ4n) is 9.44. The van der Waals surface area contributed by atoms with Crippen LogP contribution in [0.4, 0.5) is 0 Å². The molecule has 55 heavy (non-hydrogen) atoms. The fourth-order valence-corrected chi connectivity index (χ4v) is 9.44. The van der Waals surface area contributed by atoms with Crippen molar-refractivity contribution in [1.82, 2.24) is 9.80 Å². The second kappa shape index (κ2) is 14.5. The summed E-state index contributed by atoms with van der Waals surface area (Å²) in [4.78, 5) is 60.7. The quantitative estimate of drug-likeness (QED) is 0.0635. The molecule has 0 saturated carbocycles. The van der Waals surface area contributed by atoms with E-state index in [4.69, 9.17) is 0 Å². The van der Waals surface area contributed by atoms with Gasteiger partial charge in [0.15, 0.2) is 0 Å². The van der Waals surface area contributed by atoms with Gasteiger partial charge in [-0.3, -0.25) is 29.0 Å². The summed E-state index contributed by atoms with van der Waals surface area (Å²) in [5, 5.41) is 6.81. The Labute approximate surface area is 324 Å². The second-order valence-electron chi connectivity index (χ2n) is 16.4. The lowest BCUT2D eigenvalue weighted by atomic mass is 9.79. The smallest absolute Gasteiger partial charge is 0.261 e. The summed E-state index contributed by atoms with van der Waals surface area (Å²) in [6, 6.07) is 22.3. The normalized spacial score (nSPS) is 15.5. The van der Waals surface area contributed by atoms with Gasteiger partial charge < -0.3 is 0 Å². The van der Waals surface area contributed by atoms with Crippen LogP contribution in [-0.4, -0.2) is 46.5 Å². The Morgan fingerprint density at radius 2 is 0.982 bits per heavy atom. The SMILES string of the molecule is CCCCC(CC)CN1C(=O)c2ccc3c4ccc5c6c(cc(-c7cccc(C(C)C)c7)c(c7ccc(c2c37)C1=O)c64)C(=O)N(CC(CC)CCCC)C5=O. The highest BCUT2D eigenvalue weighted by Gasteiger charge is 2.38. The van der Waals surface area contributed by atoms with Crippen molar-refractivity contribution in [2.24, 2.45) is 11.8 Å². The molecule has 0 radical (unpaired) electrons. The van der Waals surface area contributed by atoms with Gasteiger partial charge in [0.25, 0.3) is 23.6 Å². The molecule has 2 atom stereocenters. The van der Waals surface area contributed by atoms with Crippen molar-refractivity contribution in [3.05, 3.63) is 94.5 Å². The van der Waals surface area contributed by atoms with Gasteiger partial charge in [0.1, 0.15) is 0 Å². The van der Waals surface area contributed by atoms with Gasteiger partial charge in [0, 0.05) is 46.1 Å². The van der Waals surface area contributed by atoms with Crippen molar-refractivity contribution in [1.29, 1.82) is 0 Å². The van der Waals surface area contributed by atoms with Gasteiger partial charge >= 0.3 is 0 Å². The lowest BCUT2D eigenvalue weighted by Crippen LogP contribution is -2.43. The Morgan fingerprint density at radius 3 is 1.49 bits per heavy atom. The highest BCUT2D eigenvalue weighted by Crippen LogP contribution is 2.49. The third-order valence-electron chi connectivity index (χ3n) is 12.7. The van der Waals surface area contributed by atoms with Gasteiger partial charge in [-0.15, -0.1) is 0 Å². The number of carbonyl (C=O) groups is 4. The predicted octanol–water partition coefficient (Wildman–Crippen LogP) is 12.2. The monoisotopic (exact) mass is 732 g/mol. The molecule has 0 N–H and O–H groups in total. The molecule has 6 aromatic rings. The summed E-state index contributed by atoms with van der Waals surface area (Å²) in [6.07, 6.45) is 8.04. The van der Waals surface area contributed by atoms with Crippen LogP contribution in [0.1, 0.15) is 146 Å². The topological polar surface area (TPSA) is 74.8 Å². The molecule has 2 unspecified atom stereocenters. The molecular weight excluding hydrogens is 681 g/mol. The van der Waals surface area contributed by atoms with Crippen molar-refractivity contribution < 1.29 is 19.2 Å². The summed E-state index contributed by atoms with van der Waals surface area (Å²) in [5.41, 5.74) is 5.28. The standard InChI is InChI=1S/C49H52N2O4/c1-7-11-14-29(9-3)26-50-46(52)36-21-18-33-34-19-22-38-44-40(49(55)51(48(38)54)27-30(10-4)15-12-8-2)25-39(32-17-13-16-31(24-32)28(5)6)42(45(34)44)35-20-23-37(47(50)53)43(36)41(33)35/h13,16-25,28-30H,7-12,14-15,26-27H2,1-6H3. The van der Waals surface area contributed by atoms with Crippen LogP contribution in [0.3, 0.4) is 0 Å². The maximum Gasteiger partial charge on any atom is 0.261 e. The molecule has 6 aromatic carbocycles. The summed E-state index contributed by atoms with van der Waals surface area (Å²) >= 11 is 0. The van der Waals surface area contributed by atoms with Crippen LogP contribution in [0.2, 0.25) is 0 Å². The van der Waals surface area contributed by atoms with E-state index in [2.05, 4.69) is 65.8 Å². The summed E-state index contributed by atoms with van der Waals surface area (Å²) in [5.74, 6) is -0.173. The Hall–Kier alpha value is -5.10. The van der Waals surface area contributed by atoms with Gasteiger partial charge in [-0.25, -0.2) is 0 Å². The van der Waals surface area contributed by atoms with Crippen LogP contribution in [0.5, 0.6) is 0 Å². The van der Waals surface area contributed by atoms with Crippen LogP contribution < -0.4 is 0 Å². The zero-order valence-corrected chi connectivity index (χ0v) is 33.2. The minimum Gasteiger partial charge on any atom is -0.274 e. The number of rotatable bonds is 14. The van der Waals surface area contributed by atoms with Crippen LogP contribution in [-0.2, 0) is 0 Å². The first kappa shape index (κ1) is 36.9. The number of amides is 4. The summed E-state index contributed by atoms with van der Waals surface area (Å²) < 4.78 is 0. The highest BCUT2D eigenvalue weighted by atomic mass is 16.2. The van der Waals surface area contributed by atoms with Gasteiger partial charge in [-0.2, -0.15) is 0 Å². The molecule has 6 heteroatoms. The third kappa shape index (κ3) is 5.82. The lowest BCUT2D eigenvalue weighted by molar-refractivity contribution is 0.0565. The molecule has 2 aliphatic heterocycles. The van der Waals surface area contributed by atoms with Crippen LogP contribution in [0.15, 0.2) is 66.7 Å². The molecule has 0 fully saturated rings. The highest BCUT2D eigenvalue weighted by molar-refractivity contribution is 6.43. The maximum absolute atomic E-state index is 14.7. The zero-order chi connectivity index (χ0) is 38.7. The molecule has 4 amide bonds. The number of benzene rings is 6. The Morgan fingerprint density at radius 1 is 0.491 bits per heavy atom. The summed E-state index contributed by atoms with van der Waals surface area (Å²) in [6.45, 7) is 13.8. The van der Waals surface area contributed by atoms with E-state index in [0.717, 1.165) is 94.8 Å². The van der Waals surface area contributed by atoms with E-state index < -0.39 is 0 Å². The van der Waals surface area contributed by atoms with E-state index in [-0.39, 0.29) is 35.5 Å². The largest absolute Gasteiger partial charge is 0.274 e. The first-order valence-electron chi connectivity index (χ1n) is 20.7. The zero-order valence-electron chi connectivity index (χ0n) is 33.2. The Kier molecular flexibility index (Phi) is 9.73. The number of nitrogens with zero attached hydrogens (tertiary/aromatic N) is 2. The molecule has 0 spiro atoms. The van der Waals surface area contributed by atoms with Gasteiger partial charge in [0.05, 0.1) is 0 Å². The molecule has 6 nitrogen and oxygen atoms in total. The van der Waals surface area contributed by atoms with Gasteiger partial charge in [-0.05, 0) is 104 Å². The van der Waals surface area contributed by atoms with Crippen molar-refractivity contribution in [2.75, 3.05) is 13.1 Å². The van der Waals surface area contributed by atoms with Crippen LogP contribution in [0.25, 0.3) is 54.2 Å². The molecule has 282 valence electrons. The average Bonchev–Trinajstić information content (AvgIpc) is 3.20. The molecule has 0 aromatic heterocycles. The van der Waals surface area contributed by atoms with Crippen molar-refractivity contribution in [2.45, 2.75) is 98.8 Å². The van der Waals surface area contributed by atoms with Crippen molar-refractivity contribution >= 4 is 66.7 Å². The second-order valence-corrected chi connectivity index (χ2v) is 16.4. The van der Waals surface area contributed by atoms with E-state index in [1.165, 1.54) is 15.4 Å². The molecule has 0 saturated heterocycles. The maximum atomic E-state index is 14.7. The first-order valence-corrected chi connectivity index (χ1v) is 20.7. The minimum atomic E-state index is -0.242. The molecular formula is C49H52N2O4. The van der Waals surface area contributed by atoms with Crippen LogP contribution >= 0.6 is 0 Å². The fraction of sp³-hybridized carbons (Fsp3) is 0.388. The number of imide groups is 2. The van der Waals surface area contributed by atoms with E-state index >= 15 is 0 Å². The number of unbranched alkanes of at least 4 members (excludes halogenated alkanes) is 2. The minimum absolute atomic E-state index is 0.237. The average molecular weight is 733 g/mol. The van der Waals surface area contributed by atoms with E-state index in [0.29, 0.717) is 52.0 Å². The first-order chi connectivity index (χ1) is 26.6. The van der Waals surface area contributed by atoms with Crippen molar-refractivity contribution in [3.8, 4) is 11.1 Å². The molecule has 0 aliphatic carbocycles. The van der Waals surface area contributed by atoms with Gasteiger partial charge in [0.2, 0.25) is 0 Å². The Bertz CT molecular complexity index is 2510. The molecule has 8 rings (SSSR count). The van der Waals surface area contributed by atoms with Crippen LogP contribution in [0, 0.1) is 11.8 Å².